The zero-order valence-corrected chi connectivity index (χ0v) is 18.9. The number of furan rings is 1. The maximum atomic E-state index is 13.1. The van der Waals surface area contributed by atoms with Gasteiger partial charge >= 0.3 is 0 Å². The molecule has 0 spiro atoms. The summed E-state index contributed by atoms with van der Waals surface area (Å²) in [7, 11) is 0. The van der Waals surface area contributed by atoms with Crippen LogP contribution in [0.25, 0.3) is 0 Å². The van der Waals surface area contributed by atoms with Gasteiger partial charge in [0.25, 0.3) is 11.8 Å². The molecule has 2 N–H and O–H groups in total. The summed E-state index contributed by atoms with van der Waals surface area (Å²) in [6.07, 6.45) is 3.01. The normalized spacial score (nSPS) is 16.1. The molecule has 1 saturated heterocycles. The van der Waals surface area contributed by atoms with Gasteiger partial charge in [-0.3, -0.25) is 9.59 Å². The second-order valence-corrected chi connectivity index (χ2v) is 8.60. The van der Waals surface area contributed by atoms with E-state index in [9.17, 15) is 9.59 Å². The van der Waals surface area contributed by atoms with E-state index in [1.807, 2.05) is 31.2 Å². The third kappa shape index (κ3) is 4.36. The molecule has 1 fully saturated rings. The molecule has 8 nitrogen and oxygen atoms in total. The number of carbonyl (C=O) groups excluding carboxylic acids is 2. The van der Waals surface area contributed by atoms with Crippen LogP contribution in [0.3, 0.4) is 0 Å². The fourth-order valence-corrected chi connectivity index (χ4v) is 4.40. The number of hydrogen-bond donors (Lipinski definition) is 2. The van der Waals surface area contributed by atoms with Crippen molar-refractivity contribution in [3.63, 3.8) is 0 Å². The number of anilines is 1. The molecule has 2 aliphatic rings. The fraction of sp³-hybridized carbons (Fsp3) is 0.308. The Bertz CT molecular complexity index is 1200. The van der Waals surface area contributed by atoms with E-state index in [0.717, 1.165) is 35.5 Å². The van der Waals surface area contributed by atoms with E-state index in [4.69, 9.17) is 18.6 Å². The summed E-state index contributed by atoms with van der Waals surface area (Å²) in [6, 6.07) is 14.5. The second-order valence-electron chi connectivity index (χ2n) is 8.60. The summed E-state index contributed by atoms with van der Waals surface area (Å²) >= 11 is 0. The number of rotatable bonds is 6. The highest BCUT2D eigenvalue weighted by molar-refractivity contribution is 6.03. The Morgan fingerprint density at radius 3 is 2.59 bits per heavy atom. The molecule has 0 unspecified atom stereocenters. The van der Waals surface area contributed by atoms with E-state index < -0.39 is 0 Å². The molecule has 34 heavy (non-hydrogen) atoms. The monoisotopic (exact) mass is 462 g/mol. The first-order valence-electron chi connectivity index (χ1n) is 11.3. The Morgan fingerprint density at radius 1 is 0.971 bits per heavy atom. The Balaban J connectivity index is 1.32. The van der Waals surface area contributed by atoms with Crippen LogP contribution in [0.1, 0.15) is 44.9 Å². The first kappa shape index (κ1) is 22.0. The lowest BCUT2D eigenvalue weighted by molar-refractivity contribution is 0.0486. The van der Waals surface area contributed by atoms with Crippen LogP contribution in [-0.2, 0) is 10.2 Å². The number of carbonyl (C=O) groups is 2. The van der Waals surface area contributed by atoms with Crippen LogP contribution in [-0.4, -0.2) is 38.4 Å². The highest BCUT2D eigenvalue weighted by Crippen LogP contribution is 2.40. The fourth-order valence-electron chi connectivity index (χ4n) is 4.40. The maximum absolute atomic E-state index is 13.1. The van der Waals surface area contributed by atoms with Gasteiger partial charge in [0, 0.05) is 36.4 Å². The summed E-state index contributed by atoms with van der Waals surface area (Å²) in [5, 5.41) is 5.92. The molecule has 3 aromatic rings. The summed E-state index contributed by atoms with van der Waals surface area (Å²) < 4.78 is 21.8. The number of amides is 2. The highest BCUT2D eigenvalue weighted by atomic mass is 16.7. The van der Waals surface area contributed by atoms with Crippen LogP contribution in [0.2, 0.25) is 0 Å². The van der Waals surface area contributed by atoms with Gasteiger partial charge in [0.1, 0.15) is 0 Å². The molecule has 2 amide bonds. The quantitative estimate of drug-likeness (QED) is 0.574. The summed E-state index contributed by atoms with van der Waals surface area (Å²) in [5.74, 6) is 1.10. The molecule has 5 rings (SSSR count). The van der Waals surface area contributed by atoms with Crippen LogP contribution in [0.4, 0.5) is 5.69 Å². The molecule has 176 valence electrons. The molecule has 0 aliphatic carbocycles. The second kappa shape index (κ2) is 9.23. The van der Waals surface area contributed by atoms with Crippen molar-refractivity contribution in [1.82, 2.24) is 5.32 Å². The van der Waals surface area contributed by atoms with Crippen LogP contribution in [0.5, 0.6) is 11.5 Å². The molecule has 1 aromatic heterocycles. The number of hydrogen-bond acceptors (Lipinski definition) is 6. The van der Waals surface area contributed by atoms with Crippen LogP contribution in [0.15, 0.2) is 59.2 Å². The van der Waals surface area contributed by atoms with Crippen molar-refractivity contribution in [1.29, 1.82) is 0 Å². The minimum absolute atomic E-state index is 0.208. The Labute approximate surface area is 197 Å². The topological polar surface area (TPSA) is 99.0 Å². The average Bonchev–Trinajstić information content (AvgIpc) is 3.56. The Morgan fingerprint density at radius 2 is 1.79 bits per heavy atom. The lowest BCUT2D eigenvalue weighted by Gasteiger charge is -2.38. The third-order valence-electron chi connectivity index (χ3n) is 6.52. The largest absolute Gasteiger partial charge is 0.459 e. The first-order chi connectivity index (χ1) is 16.5. The minimum Gasteiger partial charge on any atom is -0.459 e. The molecular weight excluding hydrogens is 436 g/mol. The predicted molar refractivity (Wildman–Crippen MR) is 124 cm³/mol. The van der Waals surface area contributed by atoms with Gasteiger partial charge in [0.2, 0.25) is 6.79 Å². The third-order valence-corrected chi connectivity index (χ3v) is 6.52. The summed E-state index contributed by atoms with van der Waals surface area (Å²) in [4.78, 5) is 25.5. The van der Waals surface area contributed by atoms with Gasteiger partial charge < -0.3 is 29.3 Å². The average molecular weight is 463 g/mol. The number of ether oxygens (including phenoxy) is 3. The zero-order valence-electron chi connectivity index (χ0n) is 18.9. The smallest absolute Gasteiger partial charge is 0.291 e. The van der Waals surface area contributed by atoms with Crippen molar-refractivity contribution >= 4 is 17.5 Å². The molecule has 8 heteroatoms. The number of nitrogens with one attached hydrogen (secondary N) is 2. The first-order valence-corrected chi connectivity index (χ1v) is 11.3. The lowest BCUT2D eigenvalue weighted by Crippen LogP contribution is -2.44. The molecular formula is C26H26N2O6. The van der Waals surface area contributed by atoms with E-state index in [1.165, 1.54) is 6.26 Å². The molecule has 0 radical (unpaired) electrons. The van der Waals surface area contributed by atoms with Crippen molar-refractivity contribution in [2.45, 2.75) is 25.2 Å². The minimum atomic E-state index is -0.366. The van der Waals surface area contributed by atoms with Crippen molar-refractivity contribution in [3.05, 3.63) is 77.2 Å². The SMILES string of the molecule is Cc1ccc(C(=O)NCC2(c3ccc4c(c3)OCO4)CCOCC2)cc1NC(=O)c1ccco1. The van der Waals surface area contributed by atoms with E-state index >= 15 is 0 Å². The van der Waals surface area contributed by atoms with Crippen molar-refractivity contribution < 1.29 is 28.2 Å². The predicted octanol–water partition coefficient (Wildman–Crippen LogP) is 4.05. The molecule has 2 aliphatic heterocycles. The van der Waals surface area contributed by atoms with Crippen molar-refractivity contribution in [2.24, 2.45) is 0 Å². The number of benzene rings is 2. The number of fused-ring (bicyclic) bond motifs is 1. The van der Waals surface area contributed by atoms with Gasteiger partial charge in [-0.25, -0.2) is 0 Å². The summed E-state index contributed by atoms with van der Waals surface area (Å²) in [5.41, 5.74) is 2.70. The van der Waals surface area contributed by atoms with Gasteiger partial charge in [0.05, 0.1) is 6.26 Å². The standard InChI is InChI=1S/C26H26N2O6/c1-17-4-5-18(13-20(17)28-25(30)22-3-2-10-32-22)24(29)27-15-26(8-11-31-12-9-26)19-6-7-21-23(14-19)34-16-33-21/h2-7,10,13-14H,8-9,11-12,15-16H2,1H3,(H,27,29)(H,28,30). The molecule has 0 bridgehead atoms. The summed E-state index contributed by atoms with van der Waals surface area (Å²) in [6.45, 7) is 3.79. The van der Waals surface area contributed by atoms with Crippen LogP contribution >= 0.6 is 0 Å². The van der Waals surface area contributed by atoms with E-state index in [1.54, 1.807) is 24.3 Å². The zero-order chi connectivity index (χ0) is 23.5. The van der Waals surface area contributed by atoms with Crippen LogP contribution in [0, 0.1) is 6.92 Å². The van der Waals surface area contributed by atoms with Crippen LogP contribution < -0.4 is 20.1 Å². The molecule has 0 saturated carbocycles. The van der Waals surface area contributed by atoms with E-state index in [-0.39, 0.29) is 29.8 Å². The van der Waals surface area contributed by atoms with E-state index in [0.29, 0.717) is 31.0 Å². The van der Waals surface area contributed by atoms with Crippen molar-refractivity contribution in [3.8, 4) is 11.5 Å². The lowest BCUT2D eigenvalue weighted by atomic mass is 9.74. The van der Waals surface area contributed by atoms with Gasteiger partial charge in [-0.15, -0.1) is 0 Å². The number of aryl methyl sites for hydroxylation is 1. The molecule has 3 heterocycles. The van der Waals surface area contributed by atoms with Gasteiger partial charge in [0.15, 0.2) is 17.3 Å². The Hall–Kier alpha value is -3.78. The maximum Gasteiger partial charge on any atom is 0.291 e. The van der Waals surface area contributed by atoms with Gasteiger partial charge in [-0.1, -0.05) is 12.1 Å². The molecule has 2 aromatic carbocycles. The van der Waals surface area contributed by atoms with E-state index in [2.05, 4.69) is 10.6 Å². The molecule has 0 atom stereocenters. The highest BCUT2D eigenvalue weighted by Gasteiger charge is 2.36. The Kier molecular flexibility index (Phi) is 5.98. The van der Waals surface area contributed by atoms with Gasteiger partial charge in [-0.05, 0) is 67.3 Å². The van der Waals surface area contributed by atoms with Crippen molar-refractivity contribution in [2.75, 3.05) is 31.9 Å². The van der Waals surface area contributed by atoms with Gasteiger partial charge in [-0.2, -0.15) is 0 Å².